The molecule has 1 aromatic rings. The summed E-state index contributed by atoms with van der Waals surface area (Å²) in [6.45, 7) is 17.9. The number of aromatic hydroxyl groups is 1. The van der Waals surface area contributed by atoms with E-state index in [1.807, 2.05) is 0 Å². The first kappa shape index (κ1) is 28.7. The Labute approximate surface area is 180 Å². The summed E-state index contributed by atoms with van der Waals surface area (Å²) in [5.74, 6) is 0.460. The van der Waals surface area contributed by atoms with Crippen LogP contribution in [0.2, 0.25) is 0 Å². The fourth-order valence-electron chi connectivity index (χ4n) is 2.56. The molecule has 152 valence electrons. The maximum atomic E-state index is 10.8. The van der Waals surface area contributed by atoms with Gasteiger partial charge in [-0.05, 0) is 50.0 Å². The molecule has 0 spiro atoms. The van der Waals surface area contributed by atoms with Crippen LogP contribution in [-0.4, -0.2) is 60.9 Å². The summed E-state index contributed by atoms with van der Waals surface area (Å²) in [4.78, 5) is 4.45. The number of rotatable bonds is 5. The summed E-state index contributed by atoms with van der Waals surface area (Å²) < 4.78 is 0. The average Bonchev–Trinajstić information content (AvgIpc) is 2.45. The molecular formula is C22H42N2O2Zn+2. The zero-order chi connectivity index (χ0) is 20.7. The van der Waals surface area contributed by atoms with Crippen LogP contribution in [0, 0.1) is 0 Å². The van der Waals surface area contributed by atoms with Gasteiger partial charge in [0.25, 0.3) is 0 Å². The molecule has 0 saturated heterocycles. The molecule has 0 heterocycles. The molecule has 0 fully saturated rings. The van der Waals surface area contributed by atoms with Crippen molar-refractivity contribution >= 4 is 0 Å². The van der Waals surface area contributed by atoms with Crippen LogP contribution >= 0.6 is 0 Å². The molecule has 27 heavy (non-hydrogen) atoms. The van der Waals surface area contributed by atoms with Crippen LogP contribution in [0.1, 0.15) is 65.2 Å². The van der Waals surface area contributed by atoms with Crippen molar-refractivity contribution in [3.05, 3.63) is 28.8 Å². The van der Waals surface area contributed by atoms with E-state index < -0.39 is 0 Å². The van der Waals surface area contributed by atoms with Gasteiger partial charge >= 0.3 is 19.5 Å². The fraction of sp³-hybridized carbons (Fsp3) is 0.727. The number of hydrogen-bond donors (Lipinski definition) is 2. The van der Waals surface area contributed by atoms with Crippen molar-refractivity contribution < 1.29 is 29.7 Å². The summed E-state index contributed by atoms with van der Waals surface area (Å²) >= 11 is 0. The second kappa shape index (κ2) is 12.2. The van der Waals surface area contributed by atoms with Gasteiger partial charge in [0.2, 0.25) is 0 Å². The molecule has 0 radical (unpaired) electrons. The topological polar surface area (TPSA) is 46.9 Å². The van der Waals surface area contributed by atoms with Crippen LogP contribution in [0.15, 0.2) is 12.1 Å². The van der Waals surface area contributed by atoms with Crippen molar-refractivity contribution in [1.29, 1.82) is 0 Å². The van der Waals surface area contributed by atoms with Crippen LogP contribution in [0.25, 0.3) is 0 Å². The van der Waals surface area contributed by atoms with E-state index in [-0.39, 0.29) is 36.9 Å². The first-order valence-corrected chi connectivity index (χ1v) is 9.55. The maximum absolute atomic E-state index is 10.8. The van der Waals surface area contributed by atoms with Crippen molar-refractivity contribution in [3.63, 3.8) is 0 Å². The second-order valence-electron chi connectivity index (χ2n) is 9.39. The van der Waals surface area contributed by atoms with Crippen LogP contribution in [0.5, 0.6) is 5.75 Å². The molecule has 0 aliphatic carbocycles. The number of phenols is 1. The van der Waals surface area contributed by atoms with Gasteiger partial charge in [0, 0.05) is 31.8 Å². The molecule has 0 unspecified atom stereocenters. The van der Waals surface area contributed by atoms with E-state index in [9.17, 15) is 5.11 Å². The van der Waals surface area contributed by atoms with E-state index in [2.05, 4.69) is 84.6 Å². The molecule has 0 saturated carbocycles. The molecule has 0 amide bonds. The third-order valence-corrected chi connectivity index (χ3v) is 4.23. The third kappa shape index (κ3) is 10.6. The Kier molecular flexibility index (Phi) is 12.9. The Bertz CT molecular complexity index is 546. The number of hydrogen-bond acceptors (Lipinski definition) is 4. The molecule has 0 aromatic heterocycles. The van der Waals surface area contributed by atoms with Gasteiger partial charge < -0.3 is 20.0 Å². The van der Waals surface area contributed by atoms with Crippen molar-refractivity contribution in [2.24, 2.45) is 0 Å². The first-order valence-electron chi connectivity index (χ1n) is 9.55. The molecule has 1 aromatic carbocycles. The summed E-state index contributed by atoms with van der Waals surface area (Å²) in [6.07, 6.45) is 0. The average molecular weight is 432 g/mol. The van der Waals surface area contributed by atoms with Crippen molar-refractivity contribution in [1.82, 2.24) is 9.80 Å². The smallest absolute Gasteiger partial charge is 0.507 e. The van der Waals surface area contributed by atoms with Gasteiger partial charge in [-0.15, -0.1) is 0 Å². The Hall–Kier alpha value is -0.477. The SMILES string of the molecule is CCO.CN(C)CCN(C)Cc1cc(C(C)(C)C)cc(C(C)(C)C)c1O.[Zn+2]. The van der Waals surface area contributed by atoms with Gasteiger partial charge in [-0.3, -0.25) is 0 Å². The number of phenolic OH excluding ortho intramolecular Hbond substituents is 1. The number of nitrogens with zero attached hydrogens (tertiary/aromatic N) is 2. The minimum atomic E-state index is -0.0672. The Morgan fingerprint density at radius 2 is 1.37 bits per heavy atom. The summed E-state index contributed by atoms with van der Waals surface area (Å²) in [6, 6.07) is 4.36. The van der Waals surface area contributed by atoms with Crippen molar-refractivity contribution in [3.8, 4) is 5.75 Å². The molecule has 0 aliphatic heterocycles. The first-order chi connectivity index (χ1) is 11.7. The molecule has 0 aliphatic rings. The minimum absolute atomic E-state index is 0. The fourth-order valence-corrected chi connectivity index (χ4v) is 2.56. The quantitative estimate of drug-likeness (QED) is 0.692. The molecule has 5 heteroatoms. The Morgan fingerprint density at radius 3 is 1.74 bits per heavy atom. The van der Waals surface area contributed by atoms with E-state index in [0.29, 0.717) is 5.75 Å². The summed E-state index contributed by atoms with van der Waals surface area (Å²) in [5.41, 5.74) is 3.37. The van der Waals surface area contributed by atoms with E-state index in [4.69, 9.17) is 5.11 Å². The normalized spacial score (nSPS) is 11.9. The minimum Gasteiger partial charge on any atom is -0.507 e. The summed E-state index contributed by atoms with van der Waals surface area (Å²) in [7, 11) is 6.29. The summed E-state index contributed by atoms with van der Waals surface area (Å²) in [5, 5.41) is 18.4. The van der Waals surface area contributed by atoms with Crippen LogP contribution in [-0.2, 0) is 36.9 Å². The van der Waals surface area contributed by atoms with Gasteiger partial charge in [0.1, 0.15) is 5.75 Å². The van der Waals surface area contributed by atoms with Crippen molar-refractivity contribution in [2.45, 2.75) is 65.8 Å². The van der Waals surface area contributed by atoms with Gasteiger partial charge in [0.05, 0.1) is 0 Å². The van der Waals surface area contributed by atoms with Gasteiger partial charge in [-0.1, -0.05) is 53.7 Å². The Morgan fingerprint density at radius 1 is 0.889 bits per heavy atom. The monoisotopic (exact) mass is 430 g/mol. The molecule has 0 bridgehead atoms. The van der Waals surface area contributed by atoms with Crippen LogP contribution in [0.4, 0.5) is 0 Å². The third-order valence-electron chi connectivity index (χ3n) is 4.23. The van der Waals surface area contributed by atoms with Crippen molar-refractivity contribution in [2.75, 3.05) is 40.8 Å². The predicted molar refractivity (Wildman–Crippen MR) is 113 cm³/mol. The van der Waals surface area contributed by atoms with Crippen LogP contribution < -0.4 is 0 Å². The number of aliphatic hydroxyl groups excluding tert-OH is 1. The number of likely N-dealkylation sites (N-methyl/N-ethyl adjacent to an activating group) is 2. The predicted octanol–water partition coefficient (Wildman–Crippen LogP) is 3.98. The van der Waals surface area contributed by atoms with Gasteiger partial charge in [0.15, 0.2) is 0 Å². The Balaban J connectivity index is 0. The largest absolute Gasteiger partial charge is 2.00 e. The van der Waals surface area contributed by atoms with Crippen LogP contribution in [0.3, 0.4) is 0 Å². The molecule has 4 nitrogen and oxygen atoms in total. The zero-order valence-electron chi connectivity index (χ0n) is 19.5. The van der Waals surface area contributed by atoms with E-state index in [1.165, 1.54) is 5.56 Å². The molecular weight excluding hydrogens is 390 g/mol. The van der Waals surface area contributed by atoms with Gasteiger partial charge in [-0.2, -0.15) is 0 Å². The molecule has 2 N–H and O–H groups in total. The van der Waals surface area contributed by atoms with E-state index >= 15 is 0 Å². The number of aliphatic hydroxyl groups is 1. The zero-order valence-corrected chi connectivity index (χ0v) is 22.4. The second-order valence-corrected chi connectivity index (χ2v) is 9.39. The number of benzene rings is 1. The van der Waals surface area contributed by atoms with Gasteiger partial charge in [-0.25, -0.2) is 0 Å². The molecule has 1 rings (SSSR count). The van der Waals surface area contributed by atoms with E-state index in [0.717, 1.165) is 30.8 Å². The maximum Gasteiger partial charge on any atom is 2.00 e. The molecule has 0 atom stereocenters. The standard InChI is InChI=1S/C20H36N2O.C2H6O.Zn/c1-19(2,3)16-12-15(14-22(9)11-10-21(7)8)18(23)17(13-16)20(4,5)6;1-2-3;/h12-13,23H,10-11,14H2,1-9H3;3H,2H2,1H3;/q;;+2. The van der Waals surface area contributed by atoms with E-state index in [1.54, 1.807) is 6.92 Å².